The lowest BCUT2D eigenvalue weighted by molar-refractivity contribution is -0.126. The van der Waals surface area contributed by atoms with Gasteiger partial charge in [-0.15, -0.1) is 0 Å². The molecule has 0 fully saturated rings. The van der Waals surface area contributed by atoms with E-state index in [1.807, 2.05) is 18.2 Å². The summed E-state index contributed by atoms with van der Waals surface area (Å²) in [4.78, 5) is 11.3. The lowest BCUT2D eigenvalue weighted by Crippen LogP contribution is -2.47. The van der Waals surface area contributed by atoms with Gasteiger partial charge in [0.25, 0.3) is 0 Å². The molecule has 98 valence electrons. The van der Waals surface area contributed by atoms with Crippen molar-refractivity contribution in [1.29, 1.82) is 0 Å². The molecule has 0 bridgehead atoms. The van der Waals surface area contributed by atoms with E-state index in [2.05, 4.69) is 11.4 Å². The fourth-order valence-electron chi connectivity index (χ4n) is 2.38. The Bertz CT molecular complexity index is 433. The standard InChI is InChI=1S/C14H19NO3/c1-18-9-13(16)15-10-14(17)7-6-11-4-2-3-5-12(11)8-14/h2-5,17H,6-10H2,1H3,(H,15,16). The Labute approximate surface area is 107 Å². The minimum absolute atomic E-state index is 0.0344. The van der Waals surface area contributed by atoms with Gasteiger partial charge >= 0.3 is 0 Å². The second-order valence-corrected chi connectivity index (χ2v) is 4.88. The first-order chi connectivity index (χ1) is 8.63. The molecule has 0 spiro atoms. The van der Waals surface area contributed by atoms with Gasteiger partial charge in [-0.3, -0.25) is 4.79 Å². The maximum absolute atomic E-state index is 11.3. The zero-order valence-corrected chi connectivity index (χ0v) is 10.6. The van der Waals surface area contributed by atoms with Crippen molar-refractivity contribution in [3.8, 4) is 0 Å². The predicted molar refractivity (Wildman–Crippen MR) is 68.3 cm³/mol. The zero-order chi connectivity index (χ0) is 13.0. The molecular weight excluding hydrogens is 230 g/mol. The average molecular weight is 249 g/mol. The highest BCUT2D eigenvalue weighted by atomic mass is 16.5. The predicted octanol–water partition coefficient (Wildman–Crippen LogP) is 0.669. The molecule has 1 unspecified atom stereocenters. The normalized spacial score (nSPS) is 22.3. The Morgan fingerprint density at radius 3 is 2.89 bits per heavy atom. The molecule has 2 N–H and O–H groups in total. The number of aliphatic hydroxyl groups is 1. The van der Waals surface area contributed by atoms with Crippen LogP contribution < -0.4 is 5.32 Å². The Morgan fingerprint density at radius 1 is 1.44 bits per heavy atom. The summed E-state index contributed by atoms with van der Waals surface area (Å²) in [6.07, 6.45) is 2.13. The highest BCUT2D eigenvalue weighted by Crippen LogP contribution is 2.28. The number of rotatable bonds is 4. The molecule has 0 aliphatic heterocycles. The van der Waals surface area contributed by atoms with E-state index in [-0.39, 0.29) is 19.1 Å². The van der Waals surface area contributed by atoms with Crippen LogP contribution in [-0.2, 0) is 22.4 Å². The Hall–Kier alpha value is -1.39. The molecule has 4 nitrogen and oxygen atoms in total. The summed E-state index contributed by atoms with van der Waals surface area (Å²) in [5.74, 6) is -0.190. The Kier molecular flexibility index (Phi) is 3.99. The van der Waals surface area contributed by atoms with Gasteiger partial charge in [-0.2, -0.15) is 0 Å². The van der Waals surface area contributed by atoms with Crippen LogP contribution in [0.1, 0.15) is 17.5 Å². The van der Waals surface area contributed by atoms with Crippen LogP contribution in [0.3, 0.4) is 0 Å². The van der Waals surface area contributed by atoms with Crippen molar-refractivity contribution in [2.45, 2.75) is 24.9 Å². The van der Waals surface area contributed by atoms with Crippen molar-refractivity contribution < 1.29 is 14.6 Å². The van der Waals surface area contributed by atoms with Gasteiger partial charge in [0.05, 0.1) is 5.60 Å². The molecule has 1 aliphatic rings. The molecule has 0 radical (unpaired) electrons. The van der Waals surface area contributed by atoms with Crippen molar-refractivity contribution in [2.75, 3.05) is 20.3 Å². The number of amides is 1. The highest BCUT2D eigenvalue weighted by Gasteiger charge is 2.32. The van der Waals surface area contributed by atoms with Crippen LogP contribution >= 0.6 is 0 Å². The first kappa shape index (κ1) is 13.1. The first-order valence-corrected chi connectivity index (χ1v) is 6.18. The molecule has 1 atom stereocenters. The number of fused-ring (bicyclic) bond motifs is 1. The van der Waals surface area contributed by atoms with Crippen LogP contribution in [0.2, 0.25) is 0 Å². The summed E-state index contributed by atoms with van der Waals surface area (Å²) in [7, 11) is 1.48. The summed E-state index contributed by atoms with van der Waals surface area (Å²) in [6, 6.07) is 8.13. The van der Waals surface area contributed by atoms with Crippen LogP contribution in [0.5, 0.6) is 0 Å². The van der Waals surface area contributed by atoms with E-state index in [0.29, 0.717) is 12.8 Å². The van der Waals surface area contributed by atoms with E-state index in [9.17, 15) is 9.90 Å². The number of hydrogen-bond acceptors (Lipinski definition) is 3. The largest absolute Gasteiger partial charge is 0.388 e. The number of aryl methyl sites for hydroxylation is 1. The van der Waals surface area contributed by atoms with Crippen LogP contribution in [0.25, 0.3) is 0 Å². The topological polar surface area (TPSA) is 58.6 Å². The SMILES string of the molecule is COCC(=O)NCC1(O)CCc2ccccc2C1. The minimum atomic E-state index is -0.836. The van der Waals surface area contributed by atoms with Crippen LogP contribution in [0, 0.1) is 0 Å². The van der Waals surface area contributed by atoms with Crippen LogP contribution in [0.15, 0.2) is 24.3 Å². The van der Waals surface area contributed by atoms with Gasteiger partial charge in [0.1, 0.15) is 6.61 Å². The van der Waals surface area contributed by atoms with Crippen LogP contribution in [-0.4, -0.2) is 36.9 Å². The summed E-state index contributed by atoms with van der Waals surface area (Å²) in [5.41, 5.74) is 1.63. The lowest BCUT2D eigenvalue weighted by Gasteiger charge is -2.33. The van der Waals surface area contributed by atoms with Crippen molar-refractivity contribution in [1.82, 2.24) is 5.32 Å². The monoisotopic (exact) mass is 249 g/mol. The molecular formula is C14H19NO3. The van der Waals surface area contributed by atoms with Gasteiger partial charge in [0.2, 0.25) is 5.91 Å². The number of benzene rings is 1. The summed E-state index contributed by atoms with van der Waals surface area (Å²) < 4.78 is 4.74. The quantitative estimate of drug-likeness (QED) is 0.824. The van der Waals surface area contributed by atoms with Crippen molar-refractivity contribution in [3.05, 3.63) is 35.4 Å². The number of carbonyl (C=O) groups excluding carboxylic acids is 1. The summed E-state index contributed by atoms with van der Waals surface area (Å²) in [6.45, 7) is 0.316. The third kappa shape index (κ3) is 3.09. The Morgan fingerprint density at radius 2 is 2.17 bits per heavy atom. The fraction of sp³-hybridized carbons (Fsp3) is 0.500. The lowest BCUT2D eigenvalue weighted by atomic mass is 9.80. The molecule has 0 saturated heterocycles. The van der Waals surface area contributed by atoms with Crippen molar-refractivity contribution in [2.24, 2.45) is 0 Å². The number of ether oxygens (including phenoxy) is 1. The summed E-state index contributed by atoms with van der Waals surface area (Å²) >= 11 is 0. The molecule has 1 aromatic rings. The van der Waals surface area contributed by atoms with Gasteiger partial charge in [0.15, 0.2) is 0 Å². The third-order valence-corrected chi connectivity index (χ3v) is 3.39. The number of hydrogen-bond donors (Lipinski definition) is 2. The average Bonchev–Trinajstić information content (AvgIpc) is 2.37. The van der Waals surface area contributed by atoms with E-state index in [1.165, 1.54) is 18.2 Å². The van der Waals surface area contributed by atoms with E-state index >= 15 is 0 Å². The smallest absolute Gasteiger partial charge is 0.246 e. The van der Waals surface area contributed by atoms with E-state index in [1.54, 1.807) is 0 Å². The number of methoxy groups -OCH3 is 1. The molecule has 0 saturated carbocycles. The van der Waals surface area contributed by atoms with Gasteiger partial charge in [0, 0.05) is 20.1 Å². The summed E-state index contributed by atoms with van der Waals surface area (Å²) in [5, 5.41) is 13.2. The molecule has 1 aromatic carbocycles. The zero-order valence-electron chi connectivity index (χ0n) is 10.6. The minimum Gasteiger partial charge on any atom is -0.388 e. The third-order valence-electron chi connectivity index (χ3n) is 3.39. The van der Waals surface area contributed by atoms with Gasteiger partial charge in [-0.05, 0) is 24.0 Å². The molecule has 18 heavy (non-hydrogen) atoms. The molecule has 4 heteroatoms. The number of carbonyl (C=O) groups is 1. The fourth-order valence-corrected chi connectivity index (χ4v) is 2.38. The maximum Gasteiger partial charge on any atom is 0.246 e. The van der Waals surface area contributed by atoms with Gasteiger partial charge < -0.3 is 15.2 Å². The Balaban J connectivity index is 1.96. The highest BCUT2D eigenvalue weighted by molar-refractivity contribution is 5.77. The maximum atomic E-state index is 11.3. The first-order valence-electron chi connectivity index (χ1n) is 6.18. The van der Waals surface area contributed by atoms with Crippen molar-refractivity contribution in [3.63, 3.8) is 0 Å². The van der Waals surface area contributed by atoms with Crippen LogP contribution in [0.4, 0.5) is 0 Å². The van der Waals surface area contributed by atoms with Gasteiger partial charge in [-0.1, -0.05) is 24.3 Å². The second kappa shape index (κ2) is 5.50. The molecule has 0 aromatic heterocycles. The molecule has 1 amide bonds. The van der Waals surface area contributed by atoms with Gasteiger partial charge in [-0.25, -0.2) is 0 Å². The van der Waals surface area contributed by atoms with E-state index in [0.717, 1.165) is 6.42 Å². The number of nitrogens with one attached hydrogen (secondary N) is 1. The molecule has 0 heterocycles. The van der Waals surface area contributed by atoms with Crippen molar-refractivity contribution >= 4 is 5.91 Å². The van der Waals surface area contributed by atoms with E-state index < -0.39 is 5.60 Å². The molecule has 1 aliphatic carbocycles. The van der Waals surface area contributed by atoms with E-state index in [4.69, 9.17) is 4.74 Å². The molecule has 2 rings (SSSR count). The second-order valence-electron chi connectivity index (χ2n) is 4.88.